The lowest BCUT2D eigenvalue weighted by molar-refractivity contribution is 0.0698. The van der Waals surface area contributed by atoms with E-state index >= 15 is 0 Å². The fraction of sp³-hybridized carbons (Fsp3) is 0.167. The Balaban J connectivity index is 1.88. The van der Waals surface area contributed by atoms with Crippen molar-refractivity contribution in [2.24, 2.45) is 0 Å². The zero-order valence-electron chi connectivity index (χ0n) is 12.2. The number of carboxylic acids is 1. The number of rotatable bonds is 3. The Labute approximate surface area is 132 Å². The minimum atomic E-state index is -0.997. The quantitative estimate of drug-likeness (QED) is 0.805. The first-order valence-electron chi connectivity index (χ1n) is 7.36. The zero-order chi connectivity index (χ0) is 16.0. The number of carboxylic acid groups (broad SMARTS) is 1. The second-order valence-corrected chi connectivity index (χ2v) is 5.84. The Morgan fingerprint density at radius 2 is 2.13 bits per heavy atom. The van der Waals surface area contributed by atoms with Gasteiger partial charge in [0.2, 0.25) is 0 Å². The molecule has 5 heteroatoms. The molecule has 4 rings (SSSR count). The van der Waals surface area contributed by atoms with E-state index in [1.54, 1.807) is 28.9 Å². The van der Waals surface area contributed by atoms with Gasteiger partial charge in [-0.25, -0.2) is 9.78 Å². The summed E-state index contributed by atoms with van der Waals surface area (Å²) >= 11 is 0. The second kappa shape index (κ2) is 4.68. The molecule has 2 heterocycles. The number of aromatic nitrogens is 2. The predicted molar refractivity (Wildman–Crippen MR) is 84.1 cm³/mol. The first-order chi connectivity index (χ1) is 11.1. The van der Waals surface area contributed by atoms with Gasteiger partial charge in [0.15, 0.2) is 5.65 Å². The molecule has 1 fully saturated rings. The van der Waals surface area contributed by atoms with Crippen molar-refractivity contribution in [3.63, 3.8) is 0 Å². The van der Waals surface area contributed by atoms with Crippen LogP contribution in [0.1, 0.15) is 28.8 Å². The van der Waals surface area contributed by atoms with Crippen LogP contribution in [0.4, 0.5) is 0 Å². The van der Waals surface area contributed by atoms with Crippen LogP contribution in [0.15, 0.2) is 48.8 Å². The molecule has 0 spiro atoms. The minimum absolute atomic E-state index is 0.172. The van der Waals surface area contributed by atoms with Gasteiger partial charge in [-0.2, -0.15) is 5.26 Å². The highest BCUT2D eigenvalue weighted by molar-refractivity contribution is 5.94. The van der Waals surface area contributed by atoms with Gasteiger partial charge in [0.25, 0.3) is 0 Å². The van der Waals surface area contributed by atoms with Gasteiger partial charge in [0.1, 0.15) is 5.56 Å². The molecule has 5 nitrogen and oxygen atoms in total. The van der Waals surface area contributed by atoms with Crippen molar-refractivity contribution in [3.05, 3.63) is 59.9 Å². The normalized spacial score (nSPS) is 15.3. The fourth-order valence-corrected chi connectivity index (χ4v) is 2.96. The van der Waals surface area contributed by atoms with Crippen molar-refractivity contribution in [1.82, 2.24) is 9.38 Å². The van der Waals surface area contributed by atoms with Crippen LogP contribution < -0.4 is 0 Å². The minimum Gasteiger partial charge on any atom is -0.478 e. The van der Waals surface area contributed by atoms with Crippen LogP contribution in [0.25, 0.3) is 16.9 Å². The summed E-state index contributed by atoms with van der Waals surface area (Å²) in [7, 11) is 0. The van der Waals surface area contributed by atoms with E-state index in [2.05, 4.69) is 11.1 Å². The van der Waals surface area contributed by atoms with Crippen molar-refractivity contribution in [2.75, 3.05) is 0 Å². The topological polar surface area (TPSA) is 78.4 Å². The third-order valence-electron chi connectivity index (χ3n) is 4.44. The van der Waals surface area contributed by atoms with Gasteiger partial charge in [0, 0.05) is 11.8 Å². The van der Waals surface area contributed by atoms with Crippen LogP contribution in [0.2, 0.25) is 0 Å². The van der Waals surface area contributed by atoms with Crippen LogP contribution in [0.5, 0.6) is 0 Å². The van der Waals surface area contributed by atoms with Gasteiger partial charge in [-0.3, -0.25) is 4.40 Å². The van der Waals surface area contributed by atoms with Crippen LogP contribution in [0, 0.1) is 11.3 Å². The summed E-state index contributed by atoms with van der Waals surface area (Å²) in [6, 6.07) is 13.5. The van der Waals surface area contributed by atoms with Crippen molar-refractivity contribution in [3.8, 4) is 17.3 Å². The Kier molecular flexibility index (Phi) is 2.75. The molecule has 1 N–H and O–H groups in total. The summed E-state index contributed by atoms with van der Waals surface area (Å²) in [5, 5.41) is 18.6. The van der Waals surface area contributed by atoms with Crippen LogP contribution >= 0.6 is 0 Å². The molecular formula is C18H13N3O2. The standard InChI is InChI=1S/C18H13N3O2/c19-11-18(6-7-18)13-4-1-3-12(9-13)15-10-20-16-14(17(22)23)5-2-8-21(15)16/h1-5,8-10H,6-7H2,(H,22,23). The second-order valence-electron chi connectivity index (χ2n) is 5.84. The van der Waals surface area contributed by atoms with Gasteiger partial charge in [-0.05, 0) is 36.6 Å². The van der Waals surface area contributed by atoms with Crippen molar-refractivity contribution in [2.45, 2.75) is 18.3 Å². The fourth-order valence-electron chi connectivity index (χ4n) is 2.96. The van der Waals surface area contributed by atoms with Crippen molar-refractivity contribution < 1.29 is 9.90 Å². The Morgan fingerprint density at radius 3 is 2.83 bits per heavy atom. The Hall–Kier alpha value is -3.13. The summed E-state index contributed by atoms with van der Waals surface area (Å²) < 4.78 is 1.77. The number of imidazole rings is 1. The predicted octanol–water partition coefficient (Wildman–Crippen LogP) is 3.25. The molecule has 1 aromatic carbocycles. The molecule has 112 valence electrons. The summed E-state index contributed by atoms with van der Waals surface area (Å²) in [5.41, 5.74) is 3.01. The maximum Gasteiger partial charge on any atom is 0.339 e. The molecule has 1 aliphatic rings. The molecule has 23 heavy (non-hydrogen) atoms. The number of carbonyl (C=O) groups is 1. The van der Waals surface area contributed by atoms with E-state index in [4.69, 9.17) is 0 Å². The summed E-state index contributed by atoms with van der Waals surface area (Å²) in [6.45, 7) is 0. The number of hydrogen-bond donors (Lipinski definition) is 1. The number of benzene rings is 1. The smallest absolute Gasteiger partial charge is 0.339 e. The average Bonchev–Trinajstić information content (AvgIpc) is 3.26. The maximum atomic E-state index is 11.3. The SMILES string of the molecule is N#CC1(c2cccc(-c3cnc4c(C(=O)O)cccn34)c2)CC1. The van der Waals surface area contributed by atoms with Gasteiger partial charge in [0.05, 0.1) is 23.4 Å². The van der Waals surface area contributed by atoms with Crippen molar-refractivity contribution in [1.29, 1.82) is 5.26 Å². The number of fused-ring (bicyclic) bond motifs is 1. The highest BCUT2D eigenvalue weighted by Gasteiger charge is 2.44. The Morgan fingerprint density at radius 1 is 1.30 bits per heavy atom. The largest absolute Gasteiger partial charge is 0.478 e. The molecule has 1 aliphatic carbocycles. The molecule has 0 bridgehead atoms. The molecule has 0 unspecified atom stereocenters. The third kappa shape index (κ3) is 2.00. The van der Waals surface area contributed by atoms with Gasteiger partial charge in [-0.1, -0.05) is 18.2 Å². The number of nitrogens with zero attached hydrogens (tertiary/aromatic N) is 3. The number of aromatic carboxylic acids is 1. The van der Waals surface area contributed by atoms with E-state index in [0.717, 1.165) is 29.7 Å². The molecule has 1 saturated carbocycles. The van der Waals surface area contributed by atoms with Gasteiger partial charge >= 0.3 is 5.97 Å². The molecule has 0 atom stereocenters. The summed E-state index contributed by atoms with van der Waals surface area (Å²) in [6.07, 6.45) is 5.26. The molecule has 3 aromatic rings. The van der Waals surface area contributed by atoms with E-state index in [9.17, 15) is 15.2 Å². The summed E-state index contributed by atoms with van der Waals surface area (Å²) in [4.78, 5) is 15.6. The van der Waals surface area contributed by atoms with E-state index in [1.165, 1.54) is 0 Å². The Bertz CT molecular complexity index is 977. The number of nitriles is 1. The first kappa shape index (κ1) is 13.5. The summed E-state index contributed by atoms with van der Waals surface area (Å²) in [5.74, 6) is -0.997. The average molecular weight is 303 g/mol. The molecule has 0 amide bonds. The lowest BCUT2D eigenvalue weighted by Crippen LogP contribution is -2.03. The maximum absolute atomic E-state index is 11.3. The highest BCUT2D eigenvalue weighted by Crippen LogP contribution is 2.48. The lowest BCUT2D eigenvalue weighted by Gasteiger charge is -2.09. The van der Waals surface area contributed by atoms with Gasteiger partial charge in [-0.15, -0.1) is 0 Å². The van der Waals surface area contributed by atoms with E-state index in [0.29, 0.717) is 5.65 Å². The monoisotopic (exact) mass is 303 g/mol. The van der Waals surface area contributed by atoms with E-state index < -0.39 is 5.97 Å². The van der Waals surface area contributed by atoms with Gasteiger partial charge < -0.3 is 5.11 Å². The molecule has 2 aromatic heterocycles. The van der Waals surface area contributed by atoms with E-state index in [-0.39, 0.29) is 11.0 Å². The van der Waals surface area contributed by atoms with Crippen LogP contribution in [-0.2, 0) is 5.41 Å². The molecule has 0 saturated heterocycles. The molecular weight excluding hydrogens is 290 g/mol. The molecule has 0 aliphatic heterocycles. The van der Waals surface area contributed by atoms with Crippen LogP contribution in [0.3, 0.4) is 0 Å². The number of hydrogen-bond acceptors (Lipinski definition) is 3. The first-order valence-corrected chi connectivity index (χ1v) is 7.36. The number of pyridine rings is 1. The highest BCUT2D eigenvalue weighted by atomic mass is 16.4. The van der Waals surface area contributed by atoms with E-state index in [1.807, 2.05) is 24.3 Å². The molecule has 0 radical (unpaired) electrons. The third-order valence-corrected chi connectivity index (χ3v) is 4.44. The zero-order valence-corrected chi connectivity index (χ0v) is 12.2. The van der Waals surface area contributed by atoms with Crippen LogP contribution in [-0.4, -0.2) is 20.5 Å². The van der Waals surface area contributed by atoms with Crippen molar-refractivity contribution >= 4 is 11.6 Å². The lowest BCUT2D eigenvalue weighted by atomic mass is 9.95.